The Bertz CT molecular complexity index is 459. The molecule has 0 fully saturated rings. The first-order valence-corrected chi connectivity index (χ1v) is 4.89. The van der Waals surface area contributed by atoms with Crippen LogP contribution in [0.25, 0.3) is 11.3 Å². The molecular formula is C11H14N4. The van der Waals surface area contributed by atoms with Gasteiger partial charge in [-0.15, -0.1) is 5.10 Å². The number of hydrogen-bond donors (Lipinski definition) is 1. The molecule has 4 nitrogen and oxygen atoms in total. The maximum Gasteiger partial charge on any atom is 0.0882 e. The predicted molar refractivity (Wildman–Crippen MR) is 59.0 cm³/mol. The molecule has 1 aromatic carbocycles. The highest BCUT2D eigenvalue weighted by atomic mass is 15.4. The van der Waals surface area contributed by atoms with Crippen LogP contribution < -0.4 is 5.73 Å². The van der Waals surface area contributed by atoms with E-state index < -0.39 is 0 Å². The van der Waals surface area contributed by atoms with Crippen LogP contribution in [0.2, 0.25) is 0 Å². The lowest BCUT2D eigenvalue weighted by Crippen LogP contribution is -2.05. The van der Waals surface area contributed by atoms with Gasteiger partial charge in [0.05, 0.1) is 11.9 Å². The third kappa shape index (κ3) is 1.89. The Morgan fingerprint density at radius 3 is 2.80 bits per heavy atom. The molecule has 0 radical (unpaired) electrons. The molecule has 0 aliphatic carbocycles. The quantitative estimate of drug-likeness (QED) is 0.803. The lowest BCUT2D eigenvalue weighted by Gasteiger charge is -2.07. The van der Waals surface area contributed by atoms with Gasteiger partial charge in [0.25, 0.3) is 0 Å². The highest BCUT2D eigenvalue weighted by Gasteiger charge is 2.05. The van der Waals surface area contributed by atoms with E-state index in [9.17, 15) is 0 Å². The zero-order valence-electron chi connectivity index (χ0n) is 8.88. The maximum absolute atomic E-state index is 5.84. The third-order valence-corrected chi connectivity index (χ3v) is 2.42. The summed E-state index contributed by atoms with van der Waals surface area (Å²) >= 11 is 0. The fourth-order valence-corrected chi connectivity index (χ4v) is 1.53. The normalized spacial score (nSPS) is 12.7. The van der Waals surface area contributed by atoms with E-state index in [1.54, 1.807) is 10.9 Å². The molecule has 0 bridgehead atoms. The number of nitrogens with zero attached hydrogens (tertiary/aromatic N) is 3. The molecule has 0 aliphatic rings. The molecule has 78 valence electrons. The van der Waals surface area contributed by atoms with Crippen LogP contribution in [0.5, 0.6) is 0 Å². The first-order valence-electron chi connectivity index (χ1n) is 4.89. The van der Waals surface area contributed by atoms with Crippen molar-refractivity contribution in [1.29, 1.82) is 0 Å². The Hall–Kier alpha value is -1.68. The minimum atomic E-state index is 0.0473. The number of hydrogen-bond acceptors (Lipinski definition) is 3. The van der Waals surface area contributed by atoms with Crippen molar-refractivity contribution < 1.29 is 0 Å². The van der Waals surface area contributed by atoms with Crippen LogP contribution in [0.1, 0.15) is 18.5 Å². The Morgan fingerprint density at radius 1 is 1.40 bits per heavy atom. The number of benzene rings is 1. The van der Waals surface area contributed by atoms with Crippen LogP contribution in [-0.4, -0.2) is 15.0 Å². The highest BCUT2D eigenvalue weighted by molar-refractivity contribution is 5.59. The average molecular weight is 202 g/mol. The van der Waals surface area contributed by atoms with E-state index in [0.717, 1.165) is 16.8 Å². The van der Waals surface area contributed by atoms with Gasteiger partial charge in [-0.2, -0.15) is 0 Å². The summed E-state index contributed by atoms with van der Waals surface area (Å²) in [7, 11) is 1.88. The van der Waals surface area contributed by atoms with Gasteiger partial charge < -0.3 is 5.73 Å². The van der Waals surface area contributed by atoms with E-state index in [-0.39, 0.29) is 6.04 Å². The van der Waals surface area contributed by atoms with Crippen molar-refractivity contribution in [1.82, 2.24) is 15.0 Å². The van der Waals surface area contributed by atoms with Crippen LogP contribution in [0.15, 0.2) is 30.5 Å². The largest absolute Gasteiger partial charge is 0.324 e. The zero-order chi connectivity index (χ0) is 10.8. The summed E-state index contributed by atoms with van der Waals surface area (Å²) in [5, 5.41) is 7.76. The lowest BCUT2D eigenvalue weighted by atomic mass is 10.0. The number of rotatable bonds is 2. The summed E-state index contributed by atoms with van der Waals surface area (Å²) in [4.78, 5) is 0. The molecule has 0 saturated heterocycles. The lowest BCUT2D eigenvalue weighted by molar-refractivity contribution is 0.720. The number of aromatic nitrogens is 3. The van der Waals surface area contributed by atoms with E-state index >= 15 is 0 Å². The van der Waals surface area contributed by atoms with Crippen molar-refractivity contribution >= 4 is 0 Å². The van der Waals surface area contributed by atoms with E-state index in [1.165, 1.54) is 0 Å². The van der Waals surface area contributed by atoms with Gasteiger partial charge in [0.2, 0.25) is 0 Å². The third-order valence-electron chi connectivity index (χ3n) is 2.42. The monoisotopic (exact) mass is 202 g/mol. The Morgan fingerprint density at radius 2 is 2.20 bits per heavy atom. The number of nitrogens with two attached hydrogens (primary N) is 1. The summed E-state index contributed by atoms with van der Waals surface area (Å²) in [5.74, 6) is 0. The maximum atomic E-state index is 5.84. The highest BCUT2D eigenvalue weighted by Crippen LogP contribution is 2.20. The number of aryl methyl sites for hydroxylation is 1. The molecule has 0 spiro atoms. The molecule has 4 heteroatoms. The molecule has 1 aromatic heterocycles. The first-order chi connectivity index (χ1) is 7.18. The van der Waals surface area contributed by atoms with Crippen molar-refractivity contribution in [2.75, 3.05) is 0 Å². The Kier molecular flexibility index (Phi) is 2.51. The van der Waals surface area contributed by atoms with Crippen molar-refractivity contribution in [3.63, 3.8) is 0 Å². The molecule has 2 N–H and O–H groups in total. The summed E-state index contributed by atoms with van der Waals surface area (Å²) in [5.41, 5.74) is 9.05. The van der Waals surface area contributed by atoms with Crippen LogP contribution in [0.3, 0.4) is 0 Å². The molecule has 2 rings (SSSR count). The molecule has 0 amide bonds. The molecular weight excluding hydrogens is 188 g/mol. The van der Waals surface area contributed by atoms with Crippen LogP contribution in [0.4, 0.5) is 0 Å². The summed E-state index contributed by atoms with van der Waals surface area (Å²) in [6.45, 7) is 1.97. The molecule has 15 heavy (non-hydrogen) atoms. The van der Waals surface area contributed by atoms with Gasteiger partial charge in [-0.1, -0.05) is 23.4 Å². The average Bonchev–Trinajstić information content (AvgIpc) is 2.64. The topological polar surface area (TPSA) is 56.7 Å². The Labute approximate surface area is 88.7 Å². The molecule has 1 heterocycles. The van der Waals surface area contributed by atoms with Crippen molar-refractivity contribution in [3.8, 4) is 11.3 Å². The molecule has 0 aliphatic heterocycles. The fraction of sp³-hybridized carbons (Fsp3) is 0.273. The summed E-state index contributed by atoms with van der Waals surface area (Å²) in [6, 6.07) is 8.18. The van der Waals surface area contributed by atoms with E-state index in [1.807, 2.05) is 32.2 Å². The fourth-order valence-electron chi connectivity index (χ4n) is 1.53. The SMILES string of the molecule is CC(N)c1cccc(-c2cnnn2C)c1. The minimum Gasteiger partial charge on any atom is -0.324 e. The van der Waals surface area contributed by atoms with Gasteiger partial charge >= 0.3 is 0 Å². The van der Waals surface area contributed by atoms with E-state index in [2.05, 4.69) is 16.4 Å². The summed E-state index contributed by atoms with van der Waals surface area (Å²) in [6.07, 6.45) is 1.75. The molecule has 1 unspecified atom stereocenters. The van der Waals surface area contributed by atoms with E-state index in [0.29, 0.717) is 0 Å². The summed E-state index contributed by atoms with van der Waals surface area (Å²) < 4.78 is 1.75. The van der Waals surface area contributed by atoms with Crippen LogP contribution >= 0.6 is 0 Å². The second-order valence-corrected chi connectivity index (χ2v) is 3.66. The zero-order valence-corrected chi connectivity index (χ0v) is 8.88. The van der Waals surface area contributed by atoms with Gasteiger partial charge in [0, 0.05) is 18.7 Å². The van der Waals surface area contributed by atoms with Gasteiger partial charge in [0.15, 0.2) is 0 Å². The second kappa shape index (κ2) is 3.82. The minimum absolute atomic E-state index is 0.0473. The Balaban J connectivity index is 2.46. The second-order valence-electron chi connectivity index (χ2n) is 3.66. The van der Waals surface area contributed by atoms with Crippen LogP contribution in [-0.2, 0) is 7.05 Å². The molecule has 2 aromatic rings. The van der Waals surface area contributed by atoms with Crippen molar-refractivity contribution in [2.24, 2.45) is 12.8 Å². The smallest absolute Gasteiger partial charge is 0.0882 e. The van der Waals surface area contributed by atoms with Crippen LogP contribution in [0, 0.1) is 0 Å². The van der Waals surface area contributed by atoms with Gasteiger partial charge in [-0.3, -0.25) is 0 Å². The van der Waals surface area contributed by atoms with E-state index in [4.69, 9.17) is 5.73 Å². The van der Waals surface area contributed by atoms with Gasteiger partial charge in [0.1, 0.15) is 0 Å². The first kappa shape index (κ1) is 9.86. The van der Waals surface area contributed by atoms with Crippen molar-refractivity contribution in [3.05, 3.63) is 36.0 Å². The van der Waals surface area contributed by atoms with Gasteiger partial charge in [-0.25, -0.2) is 4.68 Å². The molecule has 1 atom stereocenters. The van der Waals surface area contributed by atoms with Gasteiger partial charge in [-0.05, 0) is 18.6 Å². The van der Waals surface area contributed by atoms with Crippen molar-refractivity contribution in [2.45, 2.75) is 13.0 Å². The molecule has 0 saturated carbocycles. The standard InChI is InChI=1S/C11H14N4/c1-8(12)9-4-3-5-10(6-9)11-7-13-14-15(11)2/h3-8H,12H2,1-2H3. The predicted octanol–water partition coefficient (Wildman–Crippen LogP) is 1.50.